The fourth-order valence-electron chi connectivity index (χ4n) is 3.36. The largest absolute Gasteiger partial charge is 0.494 e. The average molecular weight is 396 g/mol. The number of carbonyl (C=O) groups is 3. The van der Waals surface area contributed by atoms with Gasteiger partial charge in [0.1, 0.15) is 5.75 Å². The first kappa shape index (κ1) is 20.4. The lowest BCUT2D eigenvalue weighted by molar-refractivity contribution is -0.117. The van der Waals surface area contributed by atoms with Gasteiger partial charge in [0.25, 0.3) is 5.91 Å². The number of esters is 1. The van der Waals surface area contributed by atoms with Crippen molar-refractivity contribution >= 4 is 23.5 Å². The maximum Gasteiger partial charge on any atom is 0.338 e. The standard InChI is InChI=1S/C22H24N2O5/c1-3-29-17-10-8-16(9-11-17)24-14-15(12-20(24)25)13-23-21(26)18-6-4-5-7-19(18)22(27)28-2/h4-11,15H,3,12-14H2,1-2H3,(H,23,26). The molecule has 1 saturated heterocycles. The first-order valence-electron chi connectivity index (χ1n) is 9.52. The lowest BCUT2D eigenvalue weighted by atomic mass is 10.1. The van der Waals surface area contributed by atoms with Crippen LogP contribution in [0.15, 0.2) is 48.5 Å². The molecule has 1 fully saturated rings. The molecule has 7 nitrogen and oxygen atoms in total. The lowest BCUT2D eigenvalue weighted by Gasteiger charge is -2.17. The first-order valence-corrected chi connectivity index (χ1v) is 9.52. The fourth-order valence-corrected chi connectivity index (χ4v) is 3.36. The Morgan fingerprint density at radius 3 is 2.45 bits per heavy atom. The quantitative estimate of drug-likeness (QED) is 0.728. The van der Waals surface area contributed by atoms with Crippen molar-refractivity contribution in [1.82, 2.24) is 5.32 Å². The Labute approximate surface area is 169 Å². The van der Waals surface area contributed by atoms with Crippen LogP contribution in [0.3, 0.4) is 0 Å². The summed E-state index contributed by atoms with van der Waals surface area (Å²) in [6.07, 6.45) is 0.353. The second-order valence-electron chi connectivity index (χ2n) is 6.75. The number of nitrogens with one attached hydrogen (secondary N) is 1. The molecule has 1 aliphatic rings. The second kappa shape index (κ2) is 9.23. The van der Waals surface area contributed by atoms with Crippen molar-refractivity contribution < 1.29 is 23.9 Å². The Hall–Kier alpha value is -3.35. The number of nitrogens with zero attached hydrogens (tertiary/aromatic N) is 1. The average Bonchev–Trinajstić information content (AvgIpc) is 3.12. The van der Waals surface area contributed by atoms with Gasteiger partial charge in [-0.05, 0) is 43.3 Å². The minimum atomic E-state index is -0.562. The van der Waals surface area contributed by atoms with E-state index < -0.39 is 5.97 Å². The van der Waals surface area contributed by atoms with E-state index in [-0.39, 0.29) is 28.9 Å². The highest BCUT2D eigenvalue weighted by molar-refractivity contribution is 6.05. The van der Waals surface area contributed by atoms with Crippen LogP contribution in [-0.4, -0.2) is 44.6 Å². The highest BCUT2D eigenvalue weighted by Gasteiger charge is 2.31. The Balaban J connectivity index is 1.60. The Morgan fingerprint density at radius 1 is 1.10 bits per heavy atom. The monoisotopic (exact) mass is 396 g/mol. The molecule has 2 aromatic carbocycles. The zero-order chi connectivity index (χ0) is 20.8. The molecule has 3 rings (SSSR count). The normalized spacial score (nSPS) is 15.9. The molecule has 29 heavy (non-hydrogen) atoms. The molecule has 2 amide bonds. The number of carbonyl (C=O) groups excluding carboxylic acids is 3. The van der Waals surface area contributed by atoms with Crippen LogP contribution in [0.5, 0.6) is 5.75 Å². The van der Waals surface area contributed by atoms with Gasteiger partial charge in [-0.25, -0.2) is 4.79 Å². The van der Waals surface area contributed by atoms with Crippen LogP contribution < -0.4 is 15.0 Å². The van der Waals surface area contributed by atoms with Gasteiger partial charge in [0, 0.05) is 31.1 Å². The SMILES string of the molecule is CCOc1ccc(N2CC(CNC(=O)c3ccccc3C(=O)OC)CC2=O)cc1. The van der Waals surface area contributed by atoms with Gasteiger partial charge in [0.05, 0.1) is 24.8 Å². The van der Waals surface area contributed by atoms with Crippen molar-refractivity contribution in [1.29, 1.82) is 0 Å². The third-order valence-corrected chi connectivity index (χ3v) is 4.79. The van der Waals surface area contributed by atoms with E-state index >= 15 is 0 Å². The number of methoxy groups -OCH3 is 1. The summed E-state index contributed by atoms with van der Waals surface area (Å²) in [5.41, 5.74) is 1.28. The molecule has 1 aliphatic heterocycles. The number of benzene rings is 2. The number of amides is 2. The van der Waals surface area contributed by atoms with Crippen LogP contribution in [0.1, 0.15) is 34.1 Å². The summed E-state index contributed by atoms with van der Waals surface area (Å²) in [6, 6.07) is 13.9. The predicted molar refractivity (Wildman–Crippen MR) is 108 cm³/mol. The number of hydrogen-bond donors (Lipinski definition) is 1. The van der Waals surface area contributed by atoms with E-state index in [1.807, 2.05) is 31.2 Å². The van der Waals surface area contributed by atoms with Crippen molar-refractivity contribution in [3.05, 3.63) is 59.7 Å². The van der Waals surface area contributed by atoms with Gasteiger partial charge in [0.15, 0.2) is 0 Å². The zero-order valence-corrected chi connectivity index (χ0v) is 16.5. The molecule has 0 radical (unpaired) electrons. The molecule has 0 aliphatic carbocycles. The molecule has 0 spiro atoms. The molecule has 1 atom stereocenters. The summed E-state index contributed by atoms with van der Waals surface area (Å²) in [5.74, 6) is -0.158. The molecule has 1 heterocycles. The Bertz CT molecular complexity index is 894. The summed E-state index contributed by atoms with van der Waals surface area (Å²) < 4.78 is 10.2. The van der Waals surface area contributed by atoms with E-state index in [2.05, 4.69) is 5.32 Å². The molecule has 152 valence electrons. The van der Waals surface area contributed by atoms with Crippen molar-refractivity contribution in [2.75, 3.05) is 31.7 Å². The molecule has 1 unspecified atom stereocenters. The number of hydrogen-bond acceptors (Lipinski definition) is 5. The van der Waals surface area contributed by atoms with Crippen LogP contribution in [0.4, 0.5) is 5.69 Å². The van der Waals surface area contributed by atoms with Crippen LogP contribution in [0.25, 0.3) is 0 Å². The van der Waals surface area contributed by atoms with Crippen LogP contribution in [-0.2, 0) is 9.53 Å². The molecule has 0 bridgehead atoms. The maximum absolute atomic E-state index is 12.5. The smallest absolute Gasteiger partial charge is 0.338 e. The molecular weight excluding hydrogens is 372 g/mol. The van der Waals surface area contributed by atoms with E-state index in [0.717, 1.165) is 11.4 Å². The third-order valence-electron chi connectivity index (χ3n) is 4.79. The summed E-state index contributed by atoms with van der Waals surface area (Å²) in [5, 5.41) is 2.83. The van der Waals surface area contributed by atoms with E-state index in [0.29, 0.717) is 26.1 Å². The number of anilines is 1. The molecule has 0 aromatic heterocycles. The highest BCUT2D eigenvalue weighted by atomic mass is 16.5. The molecule has 0 saturated carbocycles. The van der Waals surface area contributed by atoms with Crippen LogP contribution in [0, 0.1) is 5.92 Å². The van der Waals surface area contributed by atoms with Crippen molar-refractivity contribution in [2.45, 2.75) is 13.3 Å². The lowest BCUT2D eigenvalue weighted by Crippen LogP contribution is -2.32. The first-order chi connectivity index (χ1) is 14.0. The fraction of sp³-hybridized carbons (Fsp3) is 0.318. The highest BCUT2D eigenvalue weighted by Crippen LogP contribution is 2.26. The molecular formula is C22H24N2O5. The van der Waals surface area contributed by atoms with E-state index in [4.69, 9.17) is 9.47 Å². The summed E-state index contributed by atoms with van der Waals surface area (Å²) in [6.45, 7) is 3.36. The molecule has 1 N–H and O–H groups in total. The topological polar surface area (TPSA) is 84.9 Å². The van der Waals surface area contributed by atoms with E-state index in [1.54, 1.807) is 29.2 Å². The van der Waals surface area contributed by atoms with E-state index in [9.17, 15) is 14.4 Å². The van der Waals surface area contributed by atoms with Gasteiger partial charge < -0.3 is 19.7 Å². The molecule has 2 aromatic rings. The molecule has 7 heteroatoms. The van der Waals surface area contributed by atoms with Crippen LogP contribution >= 0.6 is 0 Å². The summed E-state index contributed by atoms with van der Waals surface area (Å²) in [7, 11) is 1.27. The summed E-state index contributed by atoms with van der Waals surface area (Å²) in [4.78, 5) is 38.5. The van der Waals surface area contributed by atoms with Crippen LogP contribution in [0.2, 0.25) is 0 Å². The maximum atomic E-state index is 12.5. The predicted octanol–water partition coefficient (Wildman–Crippen LogP) is 2.65. The Kier molecular flexibility index (Phi) is 6.49. The van der Waals surface area contributed by atoms with E-state index in [1.165, 1.54) is 7.11 Å². The minimum Gasteiger partial charge on any atom is -0.494 e. The minimum absolute atomic E-state index is 0.0108. The second-order valence-corrected chi connectivity index (χ2v) is 6.75. The van der Waals surface area contributed by atoms with Crippen molar-refractivity contribution in [3.63, 3.8) is 0 Å². The van der Waals surface area contributed by atoms with Crippen molar-refractivity contribution in [2.24, 2.45) is 5.92 Å². The third kappa shape index (κ3) is 4.74. The number of ether oxygens (including phenoxy) is 2. The Morgan fingerprint density at radius 2 is 1.79 bits per heavy atom. The van der Waals surface area contributed by atoms with Gasteiger partial charge in [-0.2, -0.15) is 0 Å². The van der Waals surface area contributed by atoms with Gasteiger partial charge in [0.2, 0.25) is 5.91 Å². The van der Waals surface area contributed by atoms with Gasteiger partial charge in [-0.3, -0.25) is 9.59 Å². The number of rotatable bonds is 7. The summed E-state index contributed by atoms with van der Waals surface area (Å²) >= 11 is 0. The zero-order valence-electron chi connectivity index (χ0n) is 16.5. The van der Waals surface area contributed by atoms with Gasteiger partial charge in [-0.15, -0.1) is 0 Å². The van der Waals surface area contributed by atoms with Crippen molar-refractivity contribution in [3.8, 4) is 5.75 Å². The van der Waals surface area contributed by atoms with Gasteiger partial charge in [-0.1, -0.05) is 12.1 Å². The van der Waals surface area contributed by atoms with Gasteiger partial charge >= 0.3 is 5.97 Å².